The van der Waals surface area contributed by atoms with Crippen LogP contribution < -0.4 is 5.32 Å². The second kappa shape index (κ2) is 5.69. The van der Waals surface area contributed by atoms with E-state index in [9.17, 15) is 10.2 Å². The standard InChI is InChI=1S/C11H17NO4/c1-7(12-5-11(16)6-13)8-2-9(14)4-10(15)3-8/h2-4,7,11-16H,5-6H2,1H3. The summed E-state index contributed by atoms with van der Waals surface area (Å²) in [7, 11) is 0. The minimum atomic E-state index is -0.812. The zero-order valence-corrected chi connectivity index (χ0v) is 9.09. The average Bonchev–Trinajstić information content (AvgIpc) is 2.23. The summed E-state index contributed by atoms with van der Waals surface area (Å²) in [6.07, 6.45) is -0.812. The van der Waals surface area contributed by atoms with Crippen LogP contribution in [0.1, 0.15) is 18.5 Å². The van der Waals surface area contributed by atoms with Crippen LogP contribution in [-0.2, 0) is 0 Å². The Morgan fingerprint density at radius 3 is 2.25 bits per heavy atom. The van der Waals surface area contributed by atoms with Gasteiger partial charge in [0, 0.05) is 18.7 Å². The van der Waals surface area contributed by atoms with Crippen molar-refractivity contribution in [1.29, 1.82) is 0 Å². The summed E-state index contributed by atoms with van der Waals surface area (Å²) in [6, 6.07) is 4.17. The smallest absolute Gasteiger partial charge is 0.119 e. The van der Waals surface area contributed by atoms with E-state index in [0.29, 0.717) is 5.56 Å². The summed E-state index contributed by atoms with van der Waals surface area (Å²) in [5.74, 6) is -0.0160. The number of aliphatic hydroxyl groups excluding tert-OH is 2. The van der Waals surface area contributed by atoms with E-state index < -0.39 is 6.10 Å². The van der Waals surface area contributed by atoms with Crippen LogP contribution >= 0.6 is 0 Å². The molecule has 0 radical (unpaired) electrons. The van der Waals surface area contributed by atoms with Crippen molar-refractivity contribution >= 4 is 0 Å². The molecule has 1 rings (SSSR count). The molecule has 5 heteroatoms. The van der Waals surface area contributed by atoms with Crippen molar-refractivity contribution in [2.45, 2.75) is 19.1 Å². The zero-order chi connectivity index (χ0) is 12.1. The lowest BCUT2D eigenvalue weighted by Gasteiger charge is -2.16. The van der Waals surface area contributed by atoms with E-state index in [-0.39, 0.29) is 30.7 Å². The first kappa shape index (κ1) is 12.8. The highest BCUT2D eigenvalue weighted by atomic mass is 16.3. The van der Waals surface area contributed by atoms with Gasteiger partial charge in [0.25, 0.3) is 0 Å². The monoisotopic (exact) mass is 227 g/mol. The maximum absolute atomic E-state index is 9.29. The number of rotatable bonds is 5. The number of phenols is 2. The summed E-state index contributed by atoms with van der Waals surface area (Å²) in [5.41, 5.74) is 0.711. The molecule has 2 unspecified atom stereocenters. The third-order valence-corrected chi connectivity index (χ3v) is 2.30. The van der Waals surface area contributed by atoms with Crippen LogP contribution in [0, 0.1) is 0 Å². The Kier molecular flexibility index (Phi) is 4.54. The lowest BCUT2D eigenvalue weighted by Crippen LogP contribution is -2.31. The molecule has 2 atom stereocenters. The minimum absolute atomic E-state index is 0.00800. The van der Waals surface area contributed by atoms with Gasteiger partial charge in [-0.1, -0.05) is 0 Å². The van der Waals surface area contributed by atoms with Crippen LogP contribution in [0.4, 0.5) is 0 Å². The van der Waals surface area contributed by atoms with Gasteiger partial charge < -0.3 is 25.7 Å². The topological polar surface area (TPSA) is 93.0 Å². The normalized spacial score (nSPS) is 14.7. The zero-order valence-electron chi connectivity index (χ0n) is 9.09. The number of aliphatic hydroxyl groups is 2. The highest BCUT2D eigenvalue weighted by Crippen LogP contribution is 2.24. The van der Waals surface area contributed by atoms with E-state index in [2.05, 4.69) is 5.32 Å². The van der Waals surface area contributed by atoms with Gasteiger partial charge >= 0.3 is 0 Å². The number of aromatic hydroxyl groups is 2. The fourth-order valence-corrected chi connectivity index (χ4v) is 1.36. The van der Waals surface area contributed by atoms with Crippen molar-refractivity contribution in [3.63, 3.8) is 0 Å². The number of nitrogens with one attached hydrogen (secondary N) is 1. The molecule has 1 aromatic carbocycles. The van der Waals surface area contributed by atoms with Crippen molar-refractivity contribution in [2.75, 3.05) is 13.2 Å². The lowest BCUT2D eigenvalue weighted by atomic mass is 10.1. The van der Waals surface area contributed by atoms with E-state index in [1.54, 1.807) is 0 Å². The predicted molar refractivity (Wildman–Crippen MR) is 59.3 cm³/mol. The highest BCUT2D eigenvalue weighted by molar-refractivity contribution is 5.37. The summed E-state index contributed by atoms with van der Waals surface area (Å²) in [6.45, 7) is 1.78. The molecule has 0 bridgehead atoms. The largest absolute Gasteiger partial charge is 0.508 e. The van der Waals surface area contributed by atoms with Crippen molar-refractivity contribution in [2.24, 2.45) is 0 Å². The second-order valence-corrected chi connectivity index (χ2v) is 3.75. The quantitative estimate of drug-likeness (QED) is 0.492. The van der Waals surface area contributed by atoms with Gasteiger partial charge in [0.05, 0.1) is 12.7 Å². The molecule has 0 amide bonds. The van der Waals surface area contributed by atoms with Gasteiger partial charge in [-0.05, 0) is 24.6 Å². The number of benzene rings is 1. The third kappa shape index (κ3) is 3.69. The molecule has 0 aliphatic rings. The fourth-order valence-electron chi connectivity index (χ4n) is 1.36. The van der Waals surface area contributed by atoms with Crippen LogP contribution in [0.25, 0.3) is 0 Å². The van der Waals surface area contributed by atoms with Gasteiger partial charge in [0.15, 0.2) is 0 Å². The Morgan fingerprint density at radius 1 is 1.19 bits per heavy atom. The molecule has 0 aliphatic heterocycles. The van der Waals surface area contributed by atoms with E-state index >= 15 is 0 Å². The summed E-state index contributed by atoms with van der Waals surface area (Å²) in [4.78, 5) is 0. The lowest BCUT2D eigenvalue weighted by molar-refractivity contribution is 0.0924. The molecule has 0 aliphatic carbocycles. The minimum Gasteiger partial charge on any atom is -0.508 e. The first-order chi connectivity index (χ1) is 7.52. The molecule has 0 fully saturated rings. The molecule has 0 spiro atoms. The maximum atomic E-state index is 9.29. The Labute approximate surface area is 94.0 Å². The number of phenolic OH excluding ortho intramolecular Hbond substituents is 2. The van der Waals surface area contributed by atoms with Crippen LogP contribution in [0.15, 0.2) is 18.2 Å². The van der Waals surface area contributed by atoms with Gasteiger partial charge in [0.2, 0.25) is 0 Å². The first-order valence-electron chi connectivity index (χ1n) is 5.08. The Morgan fingerprint density at radius 2 is 1.75 bits per heavy atom. The highest BCUT2D eigenvalue weighted by Gasteiger charge is 2.09. The Bertz CT molecular complexity index is 323. The first-order valence-corrected chi connectivity index (χ1v) is 5.08. The van der Waals surface area contributed by atoms with E-state index in [1.807, 2.05) is 6.92 Å². The summed E-state index contributed by atoms with van der Waals surface area (Å²) >= 11 is 0. The molecule has 5 N–H and O–H groups in total. The SMILES string of the molecule is CC(NCC(O)CO)c1cc(O)cc(O)c1. The average molecular weight is 227 g/mol. The Balaban J connectivity index is 2.62. The number of hydrogen-bond donors (Lipinski definition) is 5. The fraction of sp³-hybridized carbons (Fsp3) is 0.455. The van der Waals surface area contributed by atoms with E-state index in [4.69, 9.17) is 10.2 Å². The number of hydrogen-bond acceptors (Lipinski definition) is 5. The van der Waals surface area contributed by atoms with Crippen LogP contribution in [0.3, 0.4) is 0 Å². The maximum Gasteiger partial charge on any atom is 0.119 e. The van der Waals surface area contributed by atoms with E-state index in [0.717, 1.165) is 0 Å². The van der Waals surface area contributed by atoms with Crippen LogP contribution in [0.5, 0.6) is 11.5 Å². The van der Waals surface area contributed by atoms with Gasteiger partial charge in [0.1, 0.15) is 11.5 Å². The summed E-state index contributed by atoms with van der Waals surface area (Å²) in [5, 5.41) is 39.3. The molecule has 5 nitrogen and oxygen atoms in total. The molecule has 16 heavy (non-hydrogen) atoms. The Hall–Kier alpha value is -1.30. The van der Waals surface area contributed by atoms with Gasteiger partial charge in [-0.25, -0.2) is 0 Å². The van der Waals surface area contributed by atoms with Gasteiger partial charge in [-0.3, -0.25) is 0 Å². The van der Waals surface area contributed by atoms with Crippen molar-refractivity contribution < 1.29 is 20.4 Å². The van der Waals surface area contributed by atoms with Crippen LogP contribution in [0.2, 0.25) is 0 Å². The molecular formula is C11H17NO4. The molecule has 90 valence electrons. The summed E-state index contributed by atoms with van der Waals surface area (Å²) < 4.78 is 0. The van der Waals surface area contributed by atoms with Crippen LogP contribution in [-0.4, -0.2) is 39.7 Å². The molecule has 0 heterocycles. The second-order valence-electron chi connectivity index (χ2n) is 3.75. The predicted octanol–water partition coefficient (Wildman–Crippen LogP) is 0.102. The molecule has 0 saturated carbocycles. The van der Waals surface area contributed by atoms with Gasteiger partial charge in [-0.15, -0.1) is 0 Å². The van der Waals surface area contributed by atoms with Gasteiger partial charge in [-0.2, -0.15) is 0 Å². The third-order valence-electron chi connectivity index (χ3n) is 2.30. The molecule has 1 aromatic rings. The van der Waals surface area contributed by atoms with Crippen molar-refractivity contribution in [3.8, 4) is 11.5 Å². The van der Waals surface area contributed by atoms with Crippen molar-refractivity contribution in [3.05, 3.63) is 23.8 Å². The van der Waals surface area contributed by atoms with Crippen molar-refractivity contribution in [1.82, 2.24) is 5.32 Å². The van der Waals surface area contributed by atoms with E-state index in [1.165, 1.54) is 18.2 Å². The molecular weight excluding hydrogens is 210 g/mol. The molecule has 0 aromatic heterocycles. The molecule has 0 saturated heterocycles.